The van der Waals surface area contributed by atoms with Crippen molar-refractivity contribution in [3.8, 4) is 11.6 Å². The van der Waals surface area contributed by atoms with Gasteiger partial charge in [0.25, 0.3) is 0 Å². The van der Waals surface area contributed by atoms with E-state index in [4.69, 9.17) is 9.47 Å². The zero-order valence-electron chi connectivity index (χ0n) is 23.1. The molecule has 11 nitrogen and oxygen atoms in total. The summed E-state index contributed by atoms with van der Waals surface area (Å²) in [4.78, 5) is 16.4. The van der Waals surface area contributed by atoms with Crippen molar-refractivity contribution >= 4 is 27.8 Å². The van der Waals surface area contributed by atoms with Crippen molar-refractivity contribution in [2.24, 2.45) is 7.05 Å². The van der Waals surface area contributed by atoms with E-state index in [1.165, 1.54) is 16.9 Å². The first-order valence-corrected chi connectivity index (χ1v) is 14.7. The monoisotopic (exact) mass is 603 g/mol. The predicted octanol–water partition coefficient (Wildman–Crippen LogP) is 5.58. The van der Waals surface area contributed by atoms with E-state index >= 15 is 0 Å². The number of alkyl halides is 2. The van der Waals surface area contributed by atoms with Crippen LogP contribution in [0.2, 0.25) is 0 Å². The van der Waals surface area contributed by atoms with Gasteiger partial charge in [0.1, 0.15) is 22.0 Å². The van der Waals surface area contributed by atoms with Gasteiger partial charge in [-0.25, -0.2) is 9.67 Å². The van der Waals surface area contributed by atoms with E-state index in [2.05, 4.69) is 15.3 Å². The maximum atomic E-state index is 13.3. The zero-order valence-corrected chi connectivity index (χ0v) is 24.0. The van der Waals surface area contributed by atoms with Gasteiger partial charge in [0, 0.05) is 25.7 Å². The molecule has 0 radical (unpaired) electrons. The highest BCUT2D eigenvalue weighted by Crippen LogP contribution is 2.57. The number of hydrogen-bond donors (Lipinski definition) is 3. The minimum absolute atomic E-state index is 0.124. The van der Waals surface area contributed by atoms with Crippen LogP contribution < -0.4 is 9.47 Å². The molecule has 2 aromatic carbocycles. The molecule has 2 atom stereocenters. The van der Waals surface area contributed by atoms with Crippen LogP contribution in [0, 0.1) is 6.92 Å². The number of pyridine rings is 1. The van der Waals surface area contributed by atoms with Gasteiger partial charge in [-0.3, -0.25) is 13.9 Å². The topological polar surface area (TPSA) is 143 Å². The van der Waals surface area contributed by atoms with Crippen LogP contribution in [-0.4, -0.2) is 63.7 Å². The average Bonchev–Trinajstić information content (AvgIpc) is 3.27. The van der Waals surface area contributed by atoms with Crippen molar-refractivity contribution in [3.05, 3.63) is 70.9 Å². The maximum Gasteiger partial charge on any atom is 0.387 e. The molecule has 3 N–H and O–H groups in total. The molecule has 2 unspecified atom stereocenters. The van der Waals surface area contributed by atoms with Gasteiger partial charge in [0.15, 0.2) is 5.75 Å². The van der Waals surface area contributed by atoms with Gasteiger partial charge in [-0.15, -0.1) is 15.9 Å². The molecular weight excluding hydrogens is 572 g/mol. The smallest absolute Gasteiger partial charge is 0.387 e. The van der Waals surface area contributed by atoms with Crippen molar-refractivity contribution in [1.29, 1.82) is 0 Å². The van der Waals surface area contributed by atoms with E-state index in [-0.39, 0.29) is 53.2 Å². The molecule has 1 aliphatic rings. The number of ether oxygens (including phenoxy) is 2. The van der Waals surface area contributed by atoms with E-state index < -0.39 is 29.3 Å². The molecular formula is C28H31F2N5O6S. The third-order valence-corrected chi connectivity index (χ3v) is 9.24. The maximum absolute atomic E-state index is 13.3. The number of carboxylic acid groups (broad SMARTS) is 1. The van der Waals surface area contributed by atoms with E-state index in [0.29, 0.717) is 17.5 Å². The van der Waals surface area contributed by atoms with Gasteiger partial charge in [0.2, 0.25) is 5.88 Å². The number of rotatable bonds is 9. The van der Waals surface area contributed by atoms with Gasteiger partial charge >= 0.3 is 12.6 Å². The quantitative estimate of drug-likeness (QED) is 0.222. The fourth-order valence-corrected chi connectivity index (χ4v) is 6.71. The Kier molecular flexibility index (Phi) is 8.32. The fraction of sp³-hybridized carbons (Fsp3) is 0.357. The lowest BCUT2D eigenvalue weighted by atomic mass is 9.86. The summed E-state index contributed by atoms with van der Waals surface area (Å²) in [6.45, 7) is 1.05. The van der Waals surface area contributed by atoms with E-state index in [1.54, 1.807) is 35.6 Å². The Morgan fingerprint density at radius 2 is 2.00 bits per heavy atom. The molecule has 14 heteroatoms. The Balaban J connectivity index is 1.56. The third kappa shape index (κ3) is 5.88. The number of aliphatic carboxylic acids is 1. The normalized spacial score (nSPS) is 18.2. The van der Waals surface area contributed by atoms with Crippen molar-refractivity contribution < 1.29 is 37.3 Å². The van der Waals surface area contributed by atoms with Crippen LogP contribution in [0.4, 0.5) is 8.78 Å². The third-order valence-electron chi connectivity index (χ3n) is 7.34. The molecule has 1 aliphatic heterocycles. The lowest BCUT2D eigenvalue weighted by molar-refractivity contribution is -0.137. The van der Waals surface area contributed by atoms with Crippen LogP contribution in [0.25, 0.3) is 11.0 Å². The summed E-state index contributed by atoms with van der Waals surface area (Å²) in [5, 5.41) is 17.7. The van der Waals surface area contributed by atoms with Gasteiger partial charge in [-0.05, 0) is 59.9 Å². The Labute approximate surface area is 242 Å². The number of aryl methyl sites for hydroxylation is 2. The highest BCUT2D eigenvalue weighted by Gasteiger charge is 2.36. The Morgan fingerprint density at radius 1 is 1.21 bits per heavy atom. The summed E-state index contributed by atoms with van der Waals surface area (Å²) in [5.41, 5.74) is 3.13. The van der Waals surface area contributed by atoms with E-state index in [9.17, 15) is 27.8 Å². The minimum Gasteiger partial charge on any atom is -0.481 e. The number of nitrogens with zero attached hydrogens (tertiary/aromatic N) is 5. The van der Waals surface area contributed by atoms with Crippen LogP contribution >= 0.6 is 10.8 Å². The van der Waals surface area contributed by atoms with Crippen LogP contribution in [0.1, 0.15) is 47.9 Å². The van der Waals surface area contributed by atoms with Crippen LogP contribution in [-0.2, 0) is 18.4 Å². The number of carbonyl (C=O) groups is 1. The number of benzene rings is 2. The molecule has 4 aromatic rings. The molecule has 3 heterocycles. The Bertz CT molecular complexity index is 1620. The largest absolute Gasteiger partial charge is 0.481 e. The van der Waals surface area contributed by atoms with Crippen LogP contribution in [0.15, 0.2) is 53.6 Å². The molecule has 0 aliphatic carbocycles. The summed E-state index contributed by atoms with van der Waals surface area (Å²) in [7, 11) is -1.93. The second-order valence-corrected chi connectivity index (χ2v) is 12.1. The Morgan fingerprint density at radius 3 is 2.71 bits per heavy atom. The second kappa shape index (κ2) is 11.8. The summed E-state index contributed by atoms with van der Waals surface area (Å²) in [6.07, 6.45) is 1.45. The summed E-state index contributed by atoms with van der Waals surface area (Å²) in [5.74, 6) is -1.83. The zero-order chi connectivity index (χ0) is 30.2. The molecule has 5 rings (SSSR count). The summed E-state index contributed by atoms with van der Waals surface area (Å²) >= 11 is 0. The molecule has 0 spiro atoms. The van der Waals surface area contributed by atoms with E-state index in [1.807, 2.05) is 26.0 Å². The molecule has 0 fully saturated rings. The van der Waals surface area contributed by atoms with Crippen molar-refractivity contribution in [3.63, 3.8) is 0 Å². The van der Waals surface area contributed by atoms with Crippen molar-refractivity contribution in [2.45, 2.75) is 56.8 Å². The molecule has 42 heavy (non-hydrogen) atoms. The number of aromatic nitrogens is 4. The predicted molar refractivity (Wildman–Crippen MR) is 151 cm³/mol. The van der Waals surface area contributed by atoms with Crippen molar-refractivity contribution in [1.82, 2.24) is 24.3 Å². The number of hydrogen-bond acceptors (Lipinski definition) is 9. The average molecular weight is 604 g/mol. The molecule has 0 amide bonds. The van der Waals surface area contributed by atoms with Crippen LogP contribution in [0.5, 0.6) is 11.6 Å². The minimum atomic E-state index is -3.47. The standard InChI is InChI=1S/C28H31F2N5O6S/c1-4-20-15-35(42(38,39)24-6-5-9-31-27(24)40-20)14-19-10-17(8-7-16(19)2)21(13-25(36)37)18-11-22-26(34(3)33-32-22)23(12-18)41-28(29)30/h5-12,20-21,28,38-39H,4,13-15H2,1-3H3,(H,36,37). The SMILES string of the molecule is CCC1CN(Cc2cc(C(CC(=O)O)c3cc(OC(F)F)c4c(c3)nnn4C)ccc2C)S(O)(O)c2cccnc2O1. The fourth-order valence-electron chi connectivity index (χ4n) is 5.14. The first-order valence-electron chi connectivity index (χ1n) is 13.2. The van der Waals surface area contributed by atoms with Gasteiger partial charge in [-0.2, -0.15) is 13.1 Å². The highest BCUT2D eigenvalue weighted by molar-refractivity contribution is 8.22. The van der Waals surface area contributed by atoms with Crippen molar-refractivity contribution in [2.75, 3.05) is 6.54 Å². The number of fused-ring (bicyclic) bond motifs is 2. The van der Waals surface area contributed by atoms with E-state index in [0.717, 1.165) is 11.1 Å². The number of halogens is 2. The lowest BCUT2D eigenvalue weighted by Gasteiger charge is -2.41. The summed E-state index contributed by atoms with van der Waals surface area (Å²) < 4.78 is 63.0. The van der Waals surface area contributed by atoms with Gasteiger partial charge < -0.3 is 14.6 Å². The first kappa shape index (κ1) is 29.6. The van der Waals surface area contributed by atoms with Gasteiger partial charge in [0.05, 0.1) is 13.0 Å². The molecule has 0 saturated heterocycles. The summed E-state index contributed by atoms with van der Waals surface area (Å²) in [6, 6.07) is 11.6. The van der Waals surface area contributed by atoms with Gasteiger partial charge in [-0.1, -0.05) is 30.3 Å². The lowest BCUT2D eigenvalue weighted by Crippen LogP contribution is -2.34. The molecule has 224 valence electrons. The van der Waals surface area contributed by atoms with Crippen LogP contribution in [0.3, 0.4) is 0 Å². The first-order chi connectivity index (χ1) is 20.0. The Hall–Kier alpha value is -3.85. The highest BCUT2D eigenvalue weighted by atomic mass is 32.3. The number of carboxylic acids is 1. The molecule has 0 bridgehead atoms. The molecule has 0 saturated carbocycles. The second-order valence-electron chi connectivity index (χ2n) is 10.1. The molecule has 2 aromatic heterocycles.